The van der Waals surface area contributed by atoms with Gasteiger partial charge in [-0.1, -0.05) is 35.7 Å². The van der Waals surface area contributed by atoms with Crippen molar-refractivity contribution in [2.45, 2.75) is 44.7 Å². The molecule has 2 rings (SSSR count). The van der Waals surface area contributed by atoms with Crippen LogP contribution in [0.4, 0.5) is 0 Å². The molecule has 0 spiro atoms. The van der Waals surface area contributed by atoms with Crippen molar-refractivity contribution >= 4 is 23.2 Å². The van der Waals surface area contributed by atoms with Gasteiger partial charge in [0.2, 0.25) is 0 Å². The molecule has 16 heavy (non-hydrogen) atoms. The van der Waals surface area contributed by atoms with Gasteiger partial charge in [-0.3, -0.25) is 0 Å². The van der Waals surface area contributed by atoms with Crippen LogP contribution in [0.2, 0.25) is 10.0 Å². The minimum Gasteiger partial charge on any atom is -0.311 e. The second-order valence-electron chi connectivity index (χ2n) is 4.64. The second-order valence-corrected chi connectivity index (χ2v) is 5.48. The van der Waals surface area contributed by atoms with Crippen LogP contribution in [-0.2, 0) is 6.42 Å². The molecule has 3 heteroatoms. The smallest absolute Gasteiger partial charge is 0.0453 e. The van der Waals surface area contributed by atoms with E-state index >= 15 is 0 Å². The van der Waals surface area contributed by atoms with Gasteiger partial charge in [0.1, 0.15) is 0 Å². The molecule has 0 heterocycles. The molecule has 1 nitrogen and oxygen atoms in total. The van der Waals surface area contributed by atoms with Gasteiger partial charge in [-0.25, -0.2) is 0 Å². The minimum atomic E-state index is 0.476. The highest BCUT2D eigenvalue weighted by molar-refractivity contribution is 6.35. The quantitative estimate of drug-likeness (QED) is 0.858. The Morgan fingerprint density at radius 1 is 1.38 bits per heavy atom. The number of benzene rings is 1. The third-order valence-electron chi connectivity index (χ3n) is 3.17. The zero-order valence-electron chi connectivity index (χ0n) is 9.47. The molecular formula is C13H17Cl2N. The maximum atomic E-state index is 6.15. The fourth-order valence-corrected chi connectivity index (χ4v) is 2.54. The largest absolute Gasteiger partial charge is 0.311 e. The lowest BCUT2D eigenvalue weighted by Gasteiger charge is -2.30. The summed E-state index contributed by atoms with van der Waals surface area (Å²) in [5, 5.41) is 5.09. The van der Waals surface area contributed by atoms with Gasteiger partial charge in [0.15, 0.2) is 0 Å². The van der Waals surface area contributed by atoms with Crippen LogP contribution in [0.25, 0.3) is 0 Å². The van der Waals surface area contributed by atoms with E-state index in [1.54, 1.807) is 0 Å². The lowest BCUT2D eigenvalue weighted by molar-refractivity contribution is 0.310. The molecule has 1 aliphatic carbocycles. The van der Waals surface area contributed by atoms with Crippen molar-refractivity contribution in [1.29, 1.82) is 0 Å². The summed E-state index contributed by atoms with van der Waals surface area (Å²) in [5.74, 6) is 0. The zero-order chi connectivity index (χ0) is 11.5. The molecule has 0 bridgehead atoms. The second kappa shape index (κ2) is 5.39. The molecule has 1 aromatic carbocycles. The molecule has 0 amide bonds. The van der Waals surface area contributed by atoms with Crippen LogP contribution >= 0.6 is 23.2 Å². The van der Waals surface area contributed by atoms with Crippen LogP contribution in [-0.4, -0.2) is 12.1 Å². The maximum absolute atomic E-state index is 6.15. The van der Waals surface area contributed by atoms with Crippen LogP contribution in [0.5, 0.6) is 0 Å². The van der Waals surface area contributed by atoms with Gasteiger partial charge < -0.3 is 5.32 Å². The van der Waals surface area contributed by atoms with E-state index in [0.717, 1.165) is 17.5 Å². The Labute approximate surface area is 107 Å². The summed E-state index contributed by atoms with van der Waals surface area (Å²) in [6.07, 6.45) is 4.97. The van der Waals surface area contributed by atoms with Crippen molar-refractivity contribution in [1.82, 2.24) is 5.32 Å². The molecule has 1 N–H and O–H groups in total. The van der Waals surface area contributed by atoms with Crippen molar-refractivity contribution in [2.75, 3.05) is 0 Å². The molecule has 0 radical (unpaired) electrons. The summed E-state index contributed by atoms with van der Waals surface area (Å²) >= 11 is 12.0. The number of hydrogen-bond donors (Lipinski definition) is 1. The van der Waals surface area contributed by atoms with Crippen molar-refractivity contribution in [2.24, 2.45) is 0 Å². The van der Waals surface area contributed by atoms with Gasteiger partial charge in [0, 0.05) is 22.1 Å². The van der Waals surface area contributed by atoms with Gasteiger partial charge in [-0.05, 0) is 43.9 Å². The van der Waals surface area contributed by atoms with E-state index in [1.807, 2.05) is 18.2 Å². The predicted octanol–water partition coefficient (Wildman–Crippen LogP) is 4.07. The number of halogens is 2. The summed E-state index contributed by atoms with van der Waals surface area (Å²) in [7, 11) is 0. The van der Waals surface area contributed by atoms with E-state index in [9.17, 15) is 0 Å². The van der Waals surface area contributed by atoms with Gasteiger partial charge in [0.05, 0.1) is 0 Å². The third-order valence-corrected chi connectivity index (χ3v) is 3.75. The first-order chi connectivity index (χ1) is 7.65. The molecule has 1 atom stereocenters. The Morgan fingerprint density at radius 3 is 2.69 bits per heavy atom. The first-order valence-corrected chi connectivity index (χ1v) is 6.60. The lowest BCUT2D eigenvalue weighted by atomic mass is 9.92. The molecule has 1 fully saturated rings. The molecule has 0 aromatic heterocycles. The van der Waals surface area contributed by atoms with Crippen molar-refractivity contribution in [3.8, 4) is 0 Å². The summed E-state index contributed by atoms with van der Waals surface area (Å²) in [6, 6.07) is 6.93. The summed E-state index contributed by atoms with van der Waals surface area (Å²) < 4.78 is 0. The third kappa shape index (κ3) is 3.13. The van der Waals surface area contributed by atoms with E-state index in [0.29, 0.717) is 11.1 Å². The van der Waals surface area contributed by atoms with Crippen molar-refractivity contribution in [3.05, 3.63) is 33.8 Å². The molecule has 1 saturated carbocycles. The van der Waals surface area contributed by atoms with Crippen LogP contribution in [0, 0.1) is 0 Å². The van der Waals surface area contributed by atoms with E-state index in [2.05, 4.69) is 12.2 Å². The van der Waals surface area contributed by atoms with Crippen molar-refractivity contribution in [3.63, 3.8) is 0 Å². The first-order valence-electron chi connectivity index (χ1n) is 5.85. The van der Waals surface area contributed by atoms with Gasteiger partial charge >= 0.3 is 0 Å². The molecule has 1 aromatic rings. The Hall–Kier alpha value is -0.240. The van der Waals surface area contributed by atoms with Gasteiger partial charge in [0.25, 0.3) is 0 Å². The van der Waals surface area contributed by atoms with Gasteiger partial charge in [-0.15, -0.1) is 0 Å². The van der Waals surface area contributed by atoms with Crippen molar-refractivity contribution < 1.29 is 0 Å². The fourth-order valence-electron chi connectivity index (χ4n) is 2.05. The SMILES string of the molecule is CC(Cc1ccc(Cl)cc1Cl)NC1CCC1. The highest BCUT2D eigenvalue weighted by Crippen LogP contribution is 2.23. The summed E-state index contributed by atoms with van der Waals surface area (Å²) in [5.41, 5.74) is 1.17. The normalized spacial score (nSPS) is 18.2. The Morgan fingerprint density at radius 2 is 2.12 bits per heavy atom. The topological polar surface area (TPSA) is 12.0 Å². The number of hydrogen-bond acceptors (Lipinski definition) is 1. The average molecular weight is 258 g/mol. The van der Waals surface area contributed by atoms with Gasteiger partial charge in [-0.2, -0.15) is 0 Å². The van der Waals surface area contributed by atoms with E-state index in [1.165, 1.54) is 24.8 Å². The molecular weight excluding hydrogens is 241 g/mol. The van der Waals surface area contributed by atoms with Crippen LogP contribution in [0.1, 0.15) is 31.7 Å². The Bertz CT molecular complexity index is 361. The molecule has 88 valence electrons. The Kier molecular flexibility index (Phi) is 4.12. The highest BCUT2D eigenvalue weighted by atomic mass is 35.5. The van der Waals surface area contributed by atoms with Crippen LogP contribution in [0.3, 0.4) is 0 Å². The molecule has 0 saturated heterocycles. The van der Waals surface area contributed by atoms with Crippen LogP contribution < -0.4 is 5.32 Å². The lowest BCUT2D eigenvalue weighted by Crippen LogP contribution is -2.41. The van der Waals surface area contributed by atoms with E-state index < -0.39 is 0 Å². The van der Waals surface area contributed by atoms with E-state index in [-0.39, 0.29) is 0 Å². The van der Waals surface area contributed by atoms with E-state index in [4.69, 9.17) is 23.2 Å². The fraction of sp³-hybridized carbons (Fsp3) is 0.538. The highest BCUT2D eigenvalue weighted by Gasteiger charge is 2.19. The maximum Gasteiger partial charge on any atom is 0.0453 e. The Balaban J connectivity index is 1.91. The molecule has 0 aliphatic heterocycles. The average Bonchev–Trinajstić information content (AvgIpc) is 2.16. The summed E-state index contributed by atoms with van der Waals surface area (Å²) in [4.78, 5) is 0. The zero-order valence-corrected chi connectivity index (χ0v) is 11.0. The molecule has 1 aliphatic rings. The minimum absolute atomic E-state index is 0.476. The predicted molar refractivity (Wildman–Crippen MR) is 70.4 cm³/mol. The first kappa shape index (κ1) is 12.2. The van der Waals surface area contributed by atoms with Crippen LogP contribution in [0.15, 0.2) is 18.2 Å². The summed E-state index contributed by atoms with van der Waals surface area (Å²) in [6.45, 7) is 2.21. The number of rotatable bonds is 4. The standard InChI is InChI=1S/C13H17Cl2N/c1-9(16-12-3-2-4-12)7-10-5-6-11(14)8-13(10)15/h5-6,8-9,12,16H,2-4,7H2,1H3. The number of nitrogens with one attached hydrogen (secondary N) is 1. The monoisotopic (exact) mass is 257 g/mol. The molecule has 1 unspecified atom stereocenters.